The van der Waals surface area contributed by atoms with E-state index in [0.717, 1.165) is 5.56 Å². The highest BCUT2D eigenvalue weighted by Crippen LogP contribution is 2.39. The van der Waals surface area contributed by atoms with Crippen molar-refractivity contribution in [3.05, 3.63) is 30.4 Å². The SMILES string of the molecule is C=CCOc1c(OC)cc(C(C)N)cc1OC. The number of hydrogen-bond acceptors (Lipinski definition) is 4. The number of ether oxygens (including phenoxy) is 3. The minimum absolute atomic E-state index is 0.0914. The molecule has 0 saturated carbocycles. The lowest BCUT2D eigenvalue weighted by atomic mass is 10.1. The Labute approximate surface area is 102 Å². The Morgan fingerprint density at radius 3 is 2.18 bits per heavy atom. The molecule has 1 rings (SSSR count). The van der Waals surface area contributed by atoms with Crippen LogP contribution in [-0.4, -0.2) is 20.8 Å². The van der Waals surface area contributed by atoms with Gasteiger partial charge in [0.05, 0.1) is 14.2 Å². The highest BCUT2D eigenvalue weighted by Gasteiger charge is 2.15. The Morgan fingerprint density at radius 2 is 1.82 bits per heavy atom. The third-order valence-electron chi connectivity index (χ3n) is 2.35. The zero-order valence-electron chi connectivity index (χ0n) is 10.5. The van der Waals surface area contributed by atoms with E-state index >= 15 is 0 Å². The van der Waals surface area contributed by atoms with Crippen LogP contribution in [-0.2, 0) is 0 Å². The second-order valence-electron chi connectivity index (χ2n) is 3.64. The van der Waals surface area contributed by atoms with Gasteiger partial charge in [0.2, 0.25) is 5.75 Å². The molecular formula is C13H19NO3. The molecule has 17 heavy (non-hydrogen) atoms. The average Bonchev–Trinajstić information content (AvgIpc) is 2.34. The summed E-state index contributed by atoms with van der Waals surface area (Å²) in [4.78, 5) is 0. The highest BCUT2D eigenvalue weighted by molar-refractivity contribution is 5.54. The molecule has 0 amide bonds. The number of methoxy groups -OCH3 is 2. The summed E-state index contributed by atoms with van der Waals surface area (Å²) < 4.78 is 16.1. The summed E-state index contributed by atoms with van der Waals surface area (Å²) >= 11 is 0. The first-order valence-corrected chi connectivity index (χ1v) is 5.39. The number of rotatable bonds is 6. The number of hydrogen-bond donors (Lipinski definition) is 1. The average molecular weight is 237 g/mol. The van der Waals surface area contributed by atoms with E-state index in [4.69, 9.17) is 19.9 Å². The van der Waals surface area contributed by atoms with Crippen LogP contribution in [0.5, 0.6) is 17.2 Å². The maximum Gasteiger partial charge on any atom is 0.203 e. The first kappa shape index (κ1) is 13.4. The molecule has 0 aromatic heterocycles. The predicted octanol–water partition coefficient (Wildman–Crippen LogP) is 2.29. The first-order chi connectivity index (χ1) is 8.13. The van der Waals surface area contributed by atoms with Gasteiger partial charge < -0.3 is 19.9 Å². The van der Waals surface area contributed by atoms with Gasteiger partial charge >= 0.3 is 0 Å². The zero-order valence-corrected chi connectivity index (χ0v) is 10.5. The van der Waals surface area contributed by atoms with E-state index in [1.165, 1.54) is 0 Å². The van der Waals surface area contributed by atoms with Crippen molar-refractivity contribution in [1.82, 2.24) is 0 Å². The molecule has 4 nitrogen and oxygen atoms in total. The van der Waals surface area contributed by atoms with E-state index in [-0.39, 0.29) is 6.04 Å². The molecule has 0 radical (unpaired) electrons. The van der Waals surface area contributed by atoms with Crippen LogP contribution in [0.25, 0.3) is 0 Å². The highest BCUT2D eigenvalue weighted by atomic mass is 16.5. The van der Waals surface area contributed by atoms with Gasteiger partial charge in [0.15, 0.2) is 11.5 Å². The van der Waals surface area contributed by atoms with Gasteiger partial charge in [-0.15, -0.1) is 0 Å². The molecule has 0 heterocycles. The summed E-state index contributed by atoms with van der Waals surface area (Å²) in [5.41, 5.74) is 6.78. The second kappa shape index (κ2) is 6.15. The van der Waals surface area contributed by atoms with Crippen LogP contribution in [0.4, 0.5) is 0 Å². The summed E-state index contributed by atoms with van der Waals surface area (Å²) in [7, 11) is 3.17. The van der Waals surface area contributed by atoms with Gasteiger partial charge in [0.1, 0.15) is 6.61 Å². The van der Waals surface area contributed by atoms with E-state index in [2.05, 4.69) is 6.58 Å². The van der Waals surface area contributed by atoms with Gasteiger partial charge in [-0.05, 0) is 24.6 Å². The van der Waals surface area contributed by atoms with Crippen LogP contribution in [0.3, 0.4) is 0 Å². The molecule has 0 fully saturated rings. The Bertz CT molecular complexity index is 363. The maximum atomic E-state index is 5.84. The standard InChI is InChI=1S/C13H19NO3/c1-5-6-17-13-11(15-3)7-10(9(2)14)8-12(13)16-4/h5,7-9H,1,6,14H2,2-4H3. The predicted molar refractivity (Wildman–Crippen MR) is 67.8 cm³/mol. The first-order valence-electron chi connectivity index (χ1n) is 5.39. The van der Waals surface area contributed by atoms with Crippen molar-refractivity contribution in [1.29, 1.82) is 0 Å². The number of nitrogens with two attached hydrogens (primary N) is 1. The molecule has 1 atom stereocenters. The Hall–Kier alpha value is -1.68. The molecular weight excluding hydrogens is 218 g/mol. The van der Waals surface area contributed by atoms with Crippen molar-refractivity contribution in [2.24, 2.45) is 5.73 Å². The lowest BCUT2D eigenvalue weighted by molar-refractivity contribution is 0.300. The Balaban J connectivity index is 3.20. The fraction of sp³-hybridized carbons (Fsp3) is 0.385. The van der Waals surface area contributed by atoms with E-state index < -0.39 is 0 Å². The Morgan fingerprint density at radius 1 is 1.29 bits per heavy atom. The largest absolute Gasteiger partial charge is 0.493 e. The summed E-state index contributed by atoms with van der Waals surface area (Å²) in [5.74, 6) is 1.79. The zero-order chi connectivity index (χ0) is 12.8. The molecule has 0 aliphatic rings. The lowest BCUT2D eigenvalue weighted by Gasteiger charge is -2.16. The van der Waals surface area contributed by atoms with Crippen molar-refractivity contribution in [3.8, 4) is 17.2 Å². The quantitative estimate of drug-likeness (QED) is 0.771. The third-order valence-corrected chi connectivity index (χ3v) is 2.35. The fourth-order valence-electron chi connectivity index (χ4n) is 1.45. The van der Waals surface area contributed by atoms with Crippen LogP contribution >= 0.6 is 0 Å². The molecule has 0 bridgehead atoms. The molecule has 1 unspecified atom stereocenters. The van der Waals surface area contributed by atoms with Crippen molar-refractivity contribution in [2.75, 3.05) is 20.8 Å². The molecule has 1 aromatic rings. The maximum absolute atomic E-state index is 5.84. The normalized spacial score (nSPS) is 11.8. The Kier molecular flexibility index (Phi) is 4.84. The van der Waals surface area contributed by atoms with Crippen LogP contribution in [0.1, 0.15) is 18.5 Å². The molecule has 0 aliphatic heterocycles. The van der Waals surface area contributed by atoms with Crippen molar-refractivity contribution >= 4 is 0 Å². The molecule has 2 N–H and O–H groups in total. The summed E-state index contributed by atoms with van der Waals surface area (Å²) in [6, 6.07) is 3.61. The van der Waals surface area contributed by atoms with Crippen molar-refractivity contribution in [3.63, 3.8) is 0 Å². The summed E-state index contributed by atoms with van der Waals surface area (Å²) in [6.07, 6.45) is 1.67. The minimum atomic E-state index is -0.0914. The van der Waals surface area contributed by atoms with E-state index in [9.17, 15) is 0 Å². The molecule has 0 spiro atoms. The van der Waals surface area contributed by atoms with Gasteiger partial charge in [0.25, 0.3) is 0 Å². The molecule has 94 valence electrons. The molecule has 4 heteroatoms. The summed E-state index contributed by atoms with van der Waals surface area (Å²) in [6.45, 7) is 5.90. The minimum Gasteiger partial charge on any atom is -0.493 e. The van der Waals surface area contributed by atoms with Crippen LogP contribution in [0.15, 0.2) is 24.8 Å². The monoisotopic (exact) mass is 237 g/mol. The van der Waals surface area contributed by atoms with Gasteiger partial charge in [-0.1, -0.05) is 12.7 Å². The van der Waals surface area contributed by atoms with Gasteiger partial charge in [-0.3, -0.25) is 0 Å². The van der Waals surface area contributed by atoms with Crippen LogP contribution in [0.2, 0.25) is 0 Å². The van der Waals surface area contributed by atoms with E-state index in [1.807, 2.05) is 19.1 Å². The molecule has 0 aliphatic carbocycles. The summed E-state index contributed by atoms with van der Waals surface area (Å²) in [5, 5.41) is 0. The topological polar surface area (TPSA) is 53.7 Å². The second-order valence-corrected chi connectivity index (χ2v) is 3.64. The van der Waals surface area contributed by atoms with Gasteiger partial charge in [-0.2, -0.15) is 0 Å². The van der Waals surface area contributed by atoms with E-state index in [1.54, 1.807) is 20.3 Å². The van der Waals surface area contributed by atoms with Gasteiger partial charge in [0, 0.05) is 6.04 Å². The van der Waals surface area contributed by atoms with Crippen LogP contribution in [0, 0.1) is 0 Å². The van der Waals surface area contributed by atoms with Crippen molar-refractivity contribution in [2.45, 2.75) is 13.0 Å². The smallest absolute Gasteiger partial charge is 0.203 e. The lowest BCUT2D eigenvalue weighted by Crippen LogP contribution is -2.07. The fourth-order valence-corrected chi connectivity index (χ4v) is 1.45. The van der Waals surface area contributed by atoms with Crippen molar-refractivity contribution < 1.29 is 14.2 Å². The third kappa shape index (κ3) is 3.14. The molecule has 1 aromatic carbocycles. The van der Waals surface area contributed by atoms with Gasteiger partial charge in [-0.25, -0.2) is 0 Å². The van der Waals surface area contributed by atoms with Crippen LogP contribution < -0.4 is 19.9 Å². The number of benzene rings is 1. The molecule has 0 saturated heterocycles. The van der Waals surface area contributed by atoms with E-state index in [0.29, 0.717) is 23.9 Å².